The lowest BCUT2D eigenvalue weighted by atomic mass is 10.2. The summed E-state index contributed by atoms with van der Waals surface area (Å²) in [6.07, 6.45) is 0. The van der Waals surface area contributed by atoms with Gasteiger partial charge in [0.2, 0.25) is 10.0 Å². The van der Waals surface area contributed by atoms with E-state index in [1.165, 1.54) is 7.05 Å². The van der Waals surface area contributed by atoms with Gasteiger partial charge in [0, 0.05) is 16.0 Å². The third-order valence-electron chi connectivity index (χ3n) is 2.83. The Bertz CT molecular complexity index is 617. The van der Waals surface area contributed by atoms with Crippen LogP contribution in [0.2, 0.25) is 0 Å². The van der Waals surface area contributed by atoms with E-state index in [0.717, 1.165) is 14.3 Å². The van der Waals surface area contributed by atoms with Crippen LogP contribution in [0.5, 0.6) is 0 Å². The van der Waals surface area contributed by atoms with Crippen LogP contribution in [0.4, 0.5) is 0 Å². The molecule has 0 spiro atoms. The zero-order valence-electron chi connectivity index (χ0n) is 10.6. The molecule has 1 aromatic carbocycles. The van der Waals surface area contributed by atoms with Crippen molar-refractivity contribution in [1.29, 1.82) is 0 Å². The van der Waals surface area contributed by atoms with Crippen molar-refractivity contribution in [2.24, 2.45) is 5.73 Å². The molecular weight excluding hydrogens is 416 g/mol. The van der Waals surface area contributed by atoms with Gasteiger partial charge in [-0.25, -0.2) is 8.42 Å². The molecule has 1 unspecified atom stereocenters. The molecule has 106 valence electrons. The van der Waals surface area contributed by atoms with Crippen LogP contribution in [-0.2, 0) is 10.0 Å². The zero-order valence-corrected chi connectivity index (χ0v) is 15.5. The summed E-state index contributed by atoms with van der Waals surface area (Å²) in [7, 11) is -2.21. The Kier molecular flexibility index (Phi) is 5.53. The number of likely N-dealkylation sites (N-methyl/N-ethyl adjacent to an activating group) is 1. The number of thiocarbonyl (C=S) groups is 1. The van der Waals surface area contributed by atoms with Gasteiger partial charge in [0.15, 0.2) is 0 Å². The van der Waals surface area contributed by atoms with E-state index in [2.05, 4.69) is 31.9 Å². The molecule has 0 fully saturated rings. The van der Waals surface area contributed by atoms with E-state index in [1.54, 1.807) is 19.1 Å². The average Bonchev–Trinajstić information content (AvgIpc) is 2.31. The van der Waals surface area contributed by atoms with Gasteiger partial charge in [-0.05, 0) is 47.5 Å². The third kappa shape index (κ3) is 3.55. The Morgan fingerprint density at radius 2 is 1.89 bits per heavy atom. The first kappa shape index (κ1) is 17.0. The molecule has 0 aromatic heterocycles. The van der Waals surface area contributed by atoms with Gasteiger partial charge in [-0.2, -0.15) is 4.31 Å². The van der Waals surface area contributed by atoms with Crippen LogP contribution in [0.3, 0.4) is 0 Å². The first-order valence-electron chi connectivity index (χ1n) is 5.32. The molecule has 1 aromatic rings. The lowest BCUT2D eigenvalue weighted by Gasteiger charge is -2.24. The van der Waals surface area contributed by atoms with Crippen molar-refractivity contribution < 1.29 is 8.42 Å². The Morgan fingerprint density at radius 1 is 1.37 bits per heavy atom. The van der Waals surface area contributed by atoms with Crippen LogP contribution in [0.25, 0.3) is 0 Å². The lowest BCUT2D eigenvalue weighted by molar-refractivity contribution is 0.451. The quantitative estimate of drug-likeness (QED) is 0.747. The van der Waals surface area contributed by atoms with Crippen LogP contribution in [0, 0.1) is 6.92 Å². The van der Waals surface area contributed by atoms with Crippen molar-refractivity contribution in [3.8, 4) is 0 Å². The summed E-state index contributed by atoms with van der Waals surface area (Å²) in [6, 6.07) is 2.76. The molecule has 2 N–H and O–H groups in total. The van der Waals surface area contributed by atoms with Gasteiger partial charge in [0.1, 0.15) is 0 Å². The second-order valence-electron chi connectivity index (χ2n) is 4.13. The molecule has 0 aliphatic rings. The first-order valence-corrected chi connectivity index (χ1v) is 8.75. The molecule has 0 amide bonds. The number of nitrogens with two attached hydrogens (primary N) is 1. The first-order chi connectivity index (χ1) is 8.59. The standard InChI is InChI=1S/C11H14Br2N2O2S2/c1-6-4-9(13)10(5-8(6)12)19(16,17)15(3)7(2)11(14)18/h4-5,7H,1-3H3,(H2,14,18). The summed E-state index contributed by atoms with van der Waals surface area (Å²) < 4.78 is 27.4. The second-order valence-corrected chi connectivity index (χ2v) is 8.28. The van der Waals surface area contributed by atoms with E-state index < -0.39 is 16.1 Å². The molecule has 0 aliphatic heterocycles. The molecule has 1 rings (SSSR count). The summed E-state index contributed by atoms with van der Waals surface area (Å²) in [4.78, 5) is 0.309. The predicted molar refractivity (Wildman–Crippen MR) is 87.8 cm³/mol. The highest BCUT2D eigenvalue weighted by Gasteiger charge is 2.29. The lowest BCUT2D eigenvalue weighted by Crippen LogP contribution is -2.42. The second kappa shape index (κ2) is 6.17. The zero-order chi connectivity index (χ0) is 15.0. The smallest absolute Gasteiger partial charge is 0.244 e. The number of aryl methyl sites for hydroxylation is 1. The summed E-state index contributed by atoms with van der Waals surface area (Å²) in [5.74, 6) is 0. The summed E-state index contributed by atoms with van der Waals surface area (Å²) in [5.41, 5.74) is 6.45. The van der Waals surface area contributed by atoms with E-state index in [9.17, 15) is 8.42 Å². The van der Waals surface area contributed by atoms with Crippen LogP contribution < -0.4 is 5.73 Å². The number of halogens is 2. The molecule has 0 radical (unpaired) electrons. The van der Waals surface area contributed by atoms with Crippen LogP contribution in [0.15, 0.2) is 26.0 Å². The van der Waals surface area contributed by atoms with Crippen molar-refractivity contribution in [3.05, 3.63) is 26.6 Å². The minimum Gasteiger partial charge on any atom is -0.392 e. The maximum absolute atomic E-state index is 12.5. The Morgan fingerprint density at radius 3 is 2.37 bits per heavy atom. The fourth-order valence-electron chi connectivity index (χ4n) is 1.37. The maximum Gasteiger partial charge on any atom is 0.244 e. The Labute approximate surface area is 135 Å². The predicted octanol–water partition coefficient (Wildman–Crippen LogP) is 2.82. The summed E-state index contributed by atoms with van der Waals surface area (Å²) in [5, 5.41) is 0. The fraction of sp³-hybridized carbons (Fsp3) is 0.364. The number of hydrogen-bond acceptors (Lipinski definition) is 3. The Balaban J connectivity index is 3.36. The highest BCUT2D eigenvalue weighted by Crippen LogP contribution is 2.31. The van der Waals surface area contributed by atoms with E-state index >= 15 is 0 Å². The van der Waals surface area contributed by atoms with Crippen molar-refractivity contribution in [2.75, 3.05) is 7.05 Å². The van der Waals surface area contributed by atoms with Gasteiger partial charge >= 0.3 is 0 Å². The van der Waals surface area contributed by atoms with Gasteiger partial charge < -0.3 is 5.73 Å². The van der Waals surface area contributed by atoms with Crippen molar-refractivity contribution >= 4 is 59.1 Å². The molecule has 0 saturated heterocycles. The van der Waals surface area contributed by atoms with E-state index in [-0.39, 0.29) is 9.88 Å². The van der Waals surface area contributed by atoms with Gasteiger partial charge in [-0.1, -0.05) is 28.1 Å². The molecule has 0 bridgehead atoms. The highest BCUT2D eigenvalue weighted by atomic mass is 79.9. The number of benzene rings is 1. The number of nitrogens with zero attached hydrogens (tertiary/aromatic N) is 1. The van der Waals surface area contributed by atoms with Gasteiger partial charge in [0.05, 0.1) is 15.9 Å². The van der Waals surface area contributed by atoms with Crippen molar-refractivity contribution in [3.63, 3.8) is 0 Å². The fourth-order valence-corrected chi connectivity index (χ4v) is 4.57. The van der Waals surface area contributed by atoms with Gasteiger partial charge in [0.25, 0.3) is 0 Å². The molecule has 4 nitrogen and oxygen atoms in total. The average molecular weight is 430 g/mol. The SMILES string of the molecule is Cc1cc(Br)c(S(=O)(=O)N(C)C(C)C(N)=S)cc1Br. The number of hydrogen-bond donors (Lipinski definition) is 1. The molecule has 8 heteroatoms. The normalized spacial score (nSPS) is 13.6. The minimum atomic E-state index is -3.66. The monoisotopic (exact) mass is 428 g/mol. The van der Waals surface area contributed by atoms with E-state index in [4.69, 9.17) is 18.0 Å². The number of sulfonamides is 1. The van der Waals surface area contributed by atoms with Crippen LogP contribution in [-0.4, -0.2) is 30.8 Å². The molecule has 1 atom stereocenters. The molecule has 0 heterocycles. The van der Waals surface area contributed by atoms with Crippen LogP contribution in [0.1, 0.15) is 12.5 Å². The topological polar surface area (TPSA) is 63.4 Å². The molecular formula is C11H14Br2N2O2S2. The van der Waals surface area contributed by atoms with E-state index in [0.29, 0.717) is 4.47 Å². The summed E-state index contributed by atoms with van der Waals surface area (Å²) in [6.45, 7) is 3.53. The van der Waals surface area contributed by atoms with Gasteiger partial charge in [-0.3, -0.25) is 0 Å². The molecule has 19 heavy (non-hydrogen) atoms. The number of rotatable bonds is 4. The van der Waals surface area contributed by atoms with Crippen LogP contribution >= 0.6 is 44.1 Å². The Hall–Kier alpha value is -0.0200. The van der Waals surface area contributed by atoms with Crippen molar-refractivity contribution in [1.82, 2.24) is 4.31 Å². The van der Waals surface area contributed by atoms with Crippen molar-refractivity contribution in [2.45, 2.75) is 24.8 Å². The maximum atomic E-state index is 12.5. The summed E-state index contributed by atoms with van der Waals surface area (Å²) >= 11 is 11.5. The minimum absolute atomic E-state index is 0.133. The largest absolute Gasteiger partial charge is 0.392 e. The van der Waals surface area contributed by atoms with Gasteiger partial charge in [-0.15, -0.1) is 0 Å². The third-order valence-corrected chi connectivity index (χ3v) is 6.91. The highest BCUT2D eigenvalue weighted by molar-refractivity contribution is 9.11. The molecule has 0 saturated carbocycles. The molecule has 0 aliphatic carbocycles. The van der Waals surface area contributed by atoms with E-state index in [1.807, 2.05) is 6.92 Å².